The van der Waals surface area contributed by atoms with E-state index in [1.165, 1.54) is 0 Å². The molecule has 0 unspecified atom stereocenters. The number of rotatable bonds is 5. The molecule has 3 nitrogen and oxygen atoms in total. The predicted molar refractivity (Wildman–Crippen MR) is 92.9 cm³/mol. The molecule has 0 aliphatic rings. The van der Waals surface area contributed by atoms with E-state index in [2.05, 4.69) is 27.3 Å². The summed E-state index contributed by atoms with van der Waals surface area (Å²) < 4.78 is 1.70. The summed E-state index contributed by atoms with van der Waals surface area (Å²) in [6.45, 7) is 2.91. The molecule has 0 atom stereocenters. The Morgan fingerprint density at radius 1 is 1.43 bits per heavy atom. The molecule has 0 saturated carbocycles. The molecule has 1 N–H and O–H groups in total. The van der Waals surface area contributed by atoms with E-state index in [0.717, 1.165) is 31.5 Å². The molecule has 0 saturated heterocycles. The van der Waals surface area contributed by atoms with Gasteiger partial charge in [-0.2, -0.15) is 0 Å². The summed E-state index contributed by atoms with van der Waals surface area (Å²) in [6.07, 6.45) is 0. The zero-order valence-corrected chi connectivity index (χ0v) is 15.0. The lowest BCUT2D eigenvalue weighted by Crippen LogP contribution is -2.22. The highest BCUT2D eigenvalue weighted by atomic mass is 79.9. The fraction of sp³-hybridized carbons (Fsp3) is 0.267. The molecular weight excluding hydrogens is 372 g/mol. The Labute approximate surface area is 142 Å². The van der Waals surface area contributed by atoms with Crippen LogP contribution in [0.2, 0.25) is 4.34 Å². The van der Waals surface area contributed by atoms with E-state index in [-0.39, 0.29) is 5.91 Å². The van der Waals surface area contributed by atoms with Crippen molar-refractivity contribution in [2.75, 3.05) is 12.4 Å². The molecule has 0 radical (unpaired) electrons. The Hall–Kier alpha value is -1.04. The zero-order valence-electron chi connectivity index (χ0n) is 11.8. The van der Waals surface area contributed by atoms with Gasteiger partial charge in [-0.3, -0.25) is 4.79 Å². The summed E-state index contributed by atoms with van der Waals surface area (Å²) in [5, 5.41) is 3.37. The topological polar surface area (TPSA) is 32.3 Å². The monoisotopic (exact) mass is 386 g/mol. The van der Waals surface area contributed by atoms with Crippen molar-refractivity contribution in [3.63, 3.8) is 0 Å². The van der Waals surface area contributed by atoms with Gasteiger partial charge in [-0.05, 0) is 39.7 Å². The molecule has 0 fully saturated rings. The van der Waals surface area contributed by atoms with Gasteiger partial charge >= 0.3 is 0 Å². The molecule has 1 aromatic heterocycles. The first-order valence-corrected chi connectivity index (χ1v) is 8.42. The lowest BCUT2D eigenvalue weighted by Gasteiger charge is -2.15. The van der Waals surface area contributed by atoms with E-state index in [1.807, 2.05) is 24.3 Å². The van der Waals surface area contributed by atoms with Crippen LogP contribution in [0, 0.1) is 0 Å². The smallest absolute Gasteiger partial charge is 0.219 e. The van der Waals surface area contributed by atoms with Crippen LogP contribution in [0.1, 0.15) is 17.4 Å². The summed E-state index contributed by atoms with van der Waals surface area (Å²) in [5.74, 6) is 0.0615. The second-order valence-electron chi connectivity index (χ2n) is 4.76. The predicted octanol–water partition coefficient (Wildman–Crippen LogP) is 4.75. The molecule has 0 aliphatic carbocycles. The van der Waals surface area contributed by atoms with Gasteiger partial charge in [-0.25, -0.2) is 0 Å². The summed E-state index contributed by atoms with van der Waals surface area (Å²) in [4.78, 5) is 14.1. The van der Waals surface area contributed by atoms with Crippen LogP contribution in [-0.2, 0) is 17.9 Å². The maximum Gasteiger partial charge on any atom is 0.219 e. The maximum absolute atomic E-state index is 11.3. The van der Waals surface area contributed by atoms with Gasteiger partial charge in [0, 0.05) is 42.1 Å². The molecular formula is C15H16BrClN2OS. The van der Waals surface area contributed by atoms with Crippen molar-refractivity contribution in [2.45, 2.75) is 20.0 Å². The zero-order chi connectivity index (χ0) is 15.4. The van der Waals surface area contributed by atoms with Crippen LogP contribution in [0.5, 0.6) is 0 Å². The maximum atomic E-state index is 11.3. The minimum atomic E-state index is 0.0615. The summed E-state index contributed by atoms with van der Waals surface area (Å²) in [5.41, 5.74) is 2.13. The third-order valence-corrected chi connectivity index (χ3v) is 5.52. The number of carbonyl (C=O) groups is 1. The lowest BCUT2D eigenvalue weighted by atomic mass is 10.2. The van der Waals surface area contributed by atoms with Gasteiger partial charge in [0.2, 0.25) is 5.91 Å². The van der Waals surface area contributed by atoms with Crippen molar-refractivity contribution < 1.29 is 4.79 Å². The van der Waals surface area contributed by atoms with Crippen LogP contribution in [-0.4, -0.2) is 17.9 Å². The Bertz CT molecular complexity index is 625. The van der Waals surface area contributed by atoms with Gasteiger partial charge in [0.25, 0.3) is 0 Å². The van der Waals surface area contributed by atoms with Crippen molar-refractivity contribution in [1.82, 2.24) is 4.90 Å². The van der Waals surface area contributed by atoms with Crippen molar-refractivity contribution in [1.29, 1.82) is 0 Å². The molecule has 112 valence electrons. The number of hydrogen-bond acceptors (Lipinski definition) is 3. The van der Waals surface area contributed by atoms with Crippen molar-refractivity contribution in [3.8, 4) is 0 Å². The van der Waals surface area contributed by atoms with Gasteiger partial charge in [-0.15, -0.1) is 11.3 Å². The van der Waals surface area contributed by atoms with Gasteiger partial charge in [0.05, 0.1) is 0 Å². The van der Waals surface area contributed by atoms with E-state index in [4.69, 9.17) is 11.6 Å². The van der Waals surface area contributed by atoms with Crippen molar-refractivity contribution >= 4 is 50.5 Å². The molecule has 21 heavy (non-hydrogen) atoms. The molecule has 1 aromatic carbocycles. The van der Waals surface area contributed by atoms with E-state index in [0.29, 0.717) is 6.54 Å². The number of amides is 1. The standard InChI is InChI=1S/C15H16BrClN2OS/c1-10(20)19(2)9-11-4-3-5-12(6-11)18-8-13-7-14(16)15(17)21-13/h3-7,18H,8-9H2,1-2H3. The molecule has 0 aliphatic heterocycles. The van der Waals surface area contributed by atoms with Gasteiger partial charge < -0.3 is 10.2 Å². The summed E-state index contributed by atoms with van der Waals surface area (Å²) in [6, 6.07) is 10.1. The third kappa shape index (κ3) is 4.73. The molecule has 0 bridgehead atoms. The highest BCUT2D eigenvalue weighted by Crippen LogP contribution is 2.32. The largest absolute Gasteiger partial charge is 0.380 e. The fourth-order valence-electron chi connectivity index (χ4n) is 1.83. The Morgan fingerprint density at radius 3 is 2.81 bits per heavy atom. The first kappa shape index (κ1) is 16.3. The van der Waals surface area contributed by atoms with E-state index < -0.39 is 0 Å². The van der Waals surface area contributed by atoms with Gasteiger partial charge in [0.15, 0.2) is 0 Å². The molecule has 0 spiro atoms. The highest BCUT2D eigenvalue weighted by Gasteiger charge is 2.06. The summed E-state index contributed by atoms with van der Waals surface area (Å²) in [7, 11) is 1.80. The number of hydrogen-bond donors (Lipinski definition) is 1. The number of anilines is 1. The molecule has 1 amide bonds. The number of nitrogens with zero attached hydrogens (tertiary/aromatic N) is 1. The number of nitrogens with one attached hydrogen (secondary N) is 1. The third-order valence-electron chi connectivity index (χ3n) is 3.05. The molecule has 6 heteroatoms. The van der Waals surface area contributed by atoms with E-state index in [1.54, 1.807) is 30.2 Å². The lowest BCUT2D eigenvalue weighted by molar-refractivity contribution is -0.128. The van der Waals surface area contributed by atoms with Crippen molar-refractivity contribution in [2.24, 2.45) is 0 Å². The fourth-order valence-corrected chi connectivity index (χ4v) is 3.56. The Balaban J connectivity index is 1.99. The normalized spacial score (nSPS) is 10.5. The first-order valence-electron chi connectivity index (χ1n) is 6.44. The number of benzene rings is 1. The Kier molecular flexibility index (Phi) is 5.67. The van der Waals surface area contributed by atoms with Crippen LogP contribution >= 0.6 is 38.9 Å². The van der Waals surface area contributed by atoms with Crippen LogP contribution in [0.3, 0.4) is 0 Å². The van der Waals surface area contributed by atoms with E-state index >= 15 is 0 Å². The molecule has 2 rings (SSSR count). The van der Waals surface area contributed by atoms with Crippen LogP contribution < -0.4 is 5.32 Å². The van der Waals surface area contributed by atoms with Crippen LogP contribution in [0.4, 0.5) is 5.69 Å². The average molecular weight is 388 g/mol. The number of halogens is 2. The van der Waals surface area contributed by atoms with Crippen LogP contribution in [0.25, 0.3) is 0 Å². The Morgan fingerprint density at radius 2 is 2.19 bits per heavy atom. The number of thiophene rings is 1. The second-order valence-corrected chi connectivity index (χ2v) is 7.36. The summed E-state index contributed by atoms with van der Waals surface area (Å²) >= 11 is 11.0. The van der Waals surface area contributed by atoms with E-state index in [9.17, 15) is 4.79 Å². The minimum absolute atomic E-state index is 0.0615. The average Bonchev–Trinajstić information content (AvgIpc) is 2.76. The minimum Gasteiger partial charge on any atom is -0.380 e. The second kappa shape index (κ2) is 7.29. The highest BCUT2D eigenvalue weighted by molar-refractivity contribution is 9.10. The van der Waals surface area contributed by atoms with Crippen LogP contribution in [0.15, 0.2) is 34.8 Å². The van der Waals surface area contributed by atoms with Gasteiger partial charge in [0.1, 0.15) is 4.34 Å². The molecule has 1 heterocycles. The molecule has 2 aromatic rings. The number of carbonyl (C=O) groups excluding carboxylic acids is 1. The quantitative estimate of drug-likeness (QED) is 0.802. The first-order chi connectivity index (χ1) is 9.95. The van der Waals surface area contributed by atoms with Crippen molar-refractivity contribution in [3.05, 3.63) is 49.6 Å². The SMILES string of the molecule is CC(=O)N(C)Cc1cccc(NCc2cc(Br)c(Cl)s2)c1. The van der Waals surface area contributed by atoms with Gasteiger partial charge in [-0.1, -0.05) is 23.7 Å².